The fourth-order valence-electron chi connectivity index (χ4n) is 2.49. The van der Waals surface area contributed by atoms with Crippen molar-refractivity contribution in [3.8, 4) is 0 Å². The predicted octanol–water partition coefficient (Wildman–Crippen LogP) is 2.43. The van der Waals surface area contributed by atoms with Crippen LogP contribution in [0.4, 0.5) is 0 Å². The number of ketones is 1. The predicted molar refractivity (Wildman–Crippen MR) is 68.0 cm³/mol. The summed E-state index contributed by atoms with van der Waals surface area (Å²) in [5, 5.41) is 3.44. The molecule has 2 rings (SSSR count). The van der Waals surface area contributed by atoms with Crippen LogP contribution >= 0.6 is 0 Å². The fourth-order valence-corrected chi connectivity index (χ4v) is 2.49. The number of aromatic nitrogens is 1. The lowest BCUT2D eigenvalue weighted by atomic mass is 9.88. The molecule has 0 aliphatic carbocycles. The summed E-state index contributed by atoms with van der Waals surface area (Å²) in [7, 11) is 0. The summed E-state index contributed by atoms with van der Waals surface area (Å²) in [6, 6.07) is 4.01. The number of rotatable bonds is 4. The molecule has 0 spiro atoms. The van der Waals surface area contributed by atoms with E-state index in [0.717, 1.165) is 24.4 Å². The maximum Gasteiger partial charge on any atom is 0.165 e. The molecule has 1 aromatic rings. The number of pyridine rings is 1. The van der Waals surface area contributed by atoms with Gasteiger partial charge in [0.05, 0.1) is 0 Å². The fraction of sp³-hybridized carbons (Fsp3) is 0.571. The molecule has 0 aromatic carbocycles. The van der Waals surface area contributed by atoms with Gasteiger partial charge in [-0.3, -0.25) is 9.78 Å². The molecular weight excluding hydrogens is 212 g/mol. The highest BCUT2D eigenvalue weighted by Crippen LogP contribution is 2.21. The standard InChI is InChI=1S/C14H20N2O/c1-2-11-5-7-16-13(8-11)9-14(17)12-4-3-6-15-10-12/h3-4,6,10-11,13,16H,2,5,7-9H2,1H3. The summed E-state index contributed by atoms with van der Waals surface area (Å²) in [5.41, 5.74) is 0.730. The lowest BCUT2D eigenvalue weighted by Crippen LogP contribution is -2.39. The maximum atomic E-state index is 12.0. The van der Waals surface area contributed by atoms with Crippen LogP contribution in [0.1, 0.15) is 43.0 Å². The van der Waals surface area contributed by atoms with Gasteiger partial charge in [-0.1, -0.05) is 13.3 Å². The molecule has 1 N–H and O–H groups in total. The van der Waals surface area contributed by atoms with Crippen molar-refractivity contribution in [2.45, 2.75) is 38.6 Å². The van der Waals surface area contributed by atoms with Gasteiger partial charge >= 0.3 is 0 Å². The summed E-state index contributed by atoms with van der Waals surface area (Å²) < 4.78 is 0. The van der Waals surface area contributed by atoms with E-state index in [1.807, 2.05) is 12.1 Å². The molecule has 17 heavy (non-hydrogen) atoms. The molecule has 1 saturated heterocycles. The highest BCUT2D eigenvalue weighted by Gasteiger charge is 2.22. The summed E-state index contributed by atoms with van der Waals surface area (Å²) in [5.74, 6) is 0.982. The van der Waals surface area contributed by atoms with Crippen LogP contribution in [0.2, 0.25) is 0 Å². The van der Waals surface area contributed by atoms with E-state index in [2.05, 4.69) is 17.2 Å². The molecule has 2 unspecified atom stereocenters. The van der Waals surface area contributed by atoms with Crippen molar-refractivity contribution in [3.05, 3.63) is 30.1 Å². The lowest BCUT2D eigenvalue weighted by Gasteiger charge is -2.29. The van der Waals surface area contributed by atoms with Crippen LogP contribution in [-0.4, -0.2) is 23.4 Å². The van der Waals surface area contributed by atoms with Crippen LogP contribution in [0.15, 0.2) is 24.5 Å². The second-order valence-electron chi connectivity index (χ2n) is 4.82. The van der Waals surface area contributed by atoms with Gasteiger partial charge in [0.2, 0.25) is 0 Å². The molecular formula is C14H20N2O. The molecule has 2 atom stereocenters. The van der Waals surface area contributed by atoms with Crippen LogP contribution in [0.25, 0.3) is 0 Å². The Morgan fingerprint density at radius 3 is 3.18 bits per heavy atom. The van der Waals surface area contributed by atoms with Crippen molar-refractivity contribution in [3.63, 3.8) is 0 Å². The zero-order chi connectivity index (χ0) is 12.1. The van der Waals surface area contributed by atoms with Crippen LogP contribution in [0.3, 0.4) is 0 Å². The second-order valence-corrected chi connectivity index (χ2v) is 4.82. The van der Waals surface area contributed by atoms with E-state index in [1.165, 1.54) is 12.8 Å². The second kappa shape index (κ2) is 5.92. The quantitative estimate of drug-likeness (QED) is 0.811. The van der Waals surface area contributed by atoms with E-state index < -0.39 is 0 Å². The molecule has 2 heterocycles. The number of Topliss-reactive ketones (excluding diaryl/α,β-unsaturated/α-hetero) is 1. The number of nitrogens with one attached hydrogen (secondary N) is 1. The van der Waals surface area contributed by atoms with Gasteiger partial charge in [0.1, 0.15) is 0 Å². The topological polar surface area (TPSA) is 42.0 Å². The summed E-state index contributed by atoms with van der Waals surface area (Å²) in [6.45, 7) is 3.28. The lowest BCUT2D eigenvalue weighted by molar-refractivity contribution is 0.0957. The smallest absolute Gasteiger partial charge is 0.165 e. The molecule has 0 bridgehead atoms. The SMILES string of the molecule is CCC1CCNC(CC(=O)c2cccnc2)C1. The molecule has 0 saturated carbocycles. The first-order chi connectivity index (χ1) is 8.29. The normalized spacial score (nSPS) is 24.5. The van der Waals surface area contributed by atoms with Crippen molar-refractivity contribution >= 4 is 5.78 Å². The van der Waals surface area contributed by atoms with Crippen molar-refractivity contribution in [2.24, 2.45) is 5.92 Å². The van der Waals surface area contributed by atoms with E-state index in [4.69, 9.17) is 0 Å². The van der Waals surface area contributed by atoms with E-state index in [-0.39, 0.29) is 5.78 Å². The minimum absolute atomic E-state index is 0.201. The third-order valence-corrected chi connectivity index (χ3v) is 3.60. The van der Waals surface area contributed by atoms with Crippen LogP contribution in [0, 0.1) is 5.92 Å². The highest BCUT2D eigenvalue weighted by atomic mass is 16.1. The molecule has 1 aromatic heterocycles. The molecule has 1 aliphatic rings. The van der Waals surface area contributed by atoms with Gasteiger partial charge in [-0.2, -0.15) is 0 Å². The Morgan fingerprint density at radius 1 is 1.59 bits per heavy atom. The average molecular weight is 232 g/mol. The Labute approximate surface area is 103 Å². The third-order valence-electron chi connectivity index (χ3n) is 3.60. The highest BCUT2D eigenvalue weighted by molar-refractivity contribution is 5.96. The van der Waals surface area contributed by atoms with Crippen molar-refractivity contribution in [1.29, 1.82) is 0 Å². The first kappa shape index (κ1) is 12.2. The monoisotopic (exact) mass is 232 g/mol. The number of carbonyl (C=O) groups excluding carboxylic acids is 1. The van der Waals surface area contributed by atoms with Crippen LogP contribution < -0.4 is 5.32 Å². The number of hydrogen-bond acceptors (Lipinski definition) is 3. The summed E-state index contributed by atoms with van der Waals surface area (Å²) in [6.07, 6.45) is 7.54. The first-order valence-electron chi connectivity index (χ1n) is 6.46. The van der Waals surface area contributed by atoms with Crippen molar-refractivity contribution in [2.75, 3.05) is 6.54 Å². The Balaban J connectivity index is 1.90. The van der Waals surface area contributed by atoms with E-state index >= 15 is 0 Å². The molecule has 1 aliphatic heterocycles. The Bertz CT molecular complexity index is 364. The van der Waals surface area contributed by atoms with E-state index in [0.29, 0.717) is 12.5 Å². The molecule has 1 fully saturated rings. The summed E-state index contributed by atoms with van der Waals surface area (Å²) in [4.78, 5) is 16.0. The van der Waals surface area contributed by atoms with Crippen LogP contribution in [-0.2, 0) is 0 Å². The van der Waals surface area contributed by atoms with Gasteiger partial charge in [0, 0.05) is 30.4 Å². The molecule has 3 heteroatoms. The van der Waals surface area contributed by atoms with Gasteiger partial charge in [0.25, 0.3) is 0 Å². The Hall–Kier alpha value is -1.22. The van der Waals surface area contributed by atoms with Gasteiger partial charge in [-0.25, -0.2) is 0 Å². The van der Waals surface area contributed by atoms with E-state index in [1.54, 1.807) is 12.4 Å². The first-order valence-corrected chi connectivity index (χ1v) is 6.46. The minimum Gasteiger partial charge on any atom is -0.314 e. The summed E-state index contributed by atoms with van der Waals surface area (Å²) >= 11 is 0. The molecule has 0 amide bonds. The molecule has 0 radical (unpaired) electrons. The molecule has 3 nitrogen and oxygen atoms in total. The van der Waals surface area contributed by atoms with Gasteiger partial charge < -0.3 is 5.32 Å². The largest absolute Gasteiger partial charge is 0.314 e. The Morgan fingerprint density at radius 2 is 2.47 bits per heavy atom. The van der Waals surface area contributed by atoms with Crippen LogP contribution in [0.5, 0.6) is 0 Å². The van der Waals surface area contributed by atoms with E-state index in [9.17, 15) is 4.79 Å². The number of hydrogen-bond donors (Lipinski definition) is 1. The van der Waals surface area contributed by atoms with Crippen molar-refractivity contribution in [1.82, 2.24) is 10.3 Å². The van der Waals surface area contributed by atoms with Gasteiger partial charge in [-0.05, 0) is 37.4 Å². The zero-order valence-corrected chi connectivity index (χ0v) is 10.4. The number of carbonyl (C=O) groups is 1. The van der Waals surface area contributed by atoms with Gasteiger partial charge in [-0.15, -0.1) is 0 Å². The maximum absolute atomic E-state index is 12.0. The average Bonchev–Trinajstić information content (AvgIpc) is 2.40. The Kier molecular flexibility index (Phi) is 4.26. The zero-order valence-electron chi connectivity index (χ0n) is 10.4. The number of piperidine rings is 1. The van der Waals surface area contributed by atoms with Gasteiger partial charge in [0.15, 0.2) is 5.78 Å². The number of nitrogens with zero attached hydrogens (tertiary/aromatic N) is 1. The third kappa shape index (κ3) is 3.37. The van der Waals surface area contributed by atoms with Crippen molar-refractivity contribution < 1.29 is 4.79 Å². The minimum atomic E-state index is 0.201. The molecule has 92 valence electrons.